The molecule has 0 spiro atoms. The van der Waals surface area contributed by atoms with Gasteiger partial charge in [0.15, 0.2) is 0 Å². The van der Waals surface area contributed by atoms with Crippen molar-refractivity contribution in [3.05, 3.63) is 29.8 Å². The van der Waals surface area contributed by atoms with E-state index in [0.29, 0.717) is 19.6 Å². The summed E-state index contributed by atoms with van der Waals surface area (Å²) in [5.74, 6) is 1.04. The van der Waals surface area contributed by atoms with Crippen LogP contribution in [0.5, 0.6) is 5.75 Å². The molecule has 2 atom stereocenters. The maximum Gasteiger partial charge on any atom is 0.223 e. The van der Waals surface area contributed by atoms with E-state index in [0.717, 1.165) is 24.2 Å². The molecule has 20 heavy (non-hydrogen) atoms. The van der Waals surface area contributed by atoms with Crippen LogP contribution in [0, 0.1) is 0 Å². The van der Waals surface area contributed by atoms with E-state index < -0.39 is 0 Å². The SMILES string of the molecule is CCOc1cccc(C2C(N)CCCC(=O)N2CC)c1. The molecule has 1 heterocycles. The molecule has 110 valence electrons. The van der Waals surface area contributed by atoms with Crippen LogP contribution in [0.25, 0.3) is 0 Å². The van der Waals surface area contributed by atoms with Crippen LogP contribution in [0.1, 0.15) is 44.7 Å². The number of carbonyl (C=O) groups is 1. The summed E-state index contributed by atoms with van der Waals surface area (Å²) < 4.78 is 5.56. The first-order valence-electron chi connectivity index (χ1n) is 7.45. The third-order valence-electron chi connectivity index (χ3n) is 3.84. The molecule has 1 saturated heterocycles. The number of nitrogens with two attached hydrogens (primary N) is 1. The second-order valence-electron chi connectivity index (χ2n) is 5.19. The molecule has 1 aliphatic rings. The van der Waals surface area contributed by atoms with E-state index in [1.54, 1.807) is 0 Å². The largest absolute Gasteiger partial charge is 0.494 e. The van der Waals surface area contributed by atoms with Crippen LogP contribution in [0.4, 0.5) is 0 Å². The number of benzene rings is 1. The number of ether oxygens (including phenoxy) is 1. The topological polar surface area (TPSA) is 55.6 Å². The van der Waals surface area contributed by atoms with Gasteiger partial charge in [0.05, 0.1) is 12.6 Å². The van der Waals surface area contributed by atoms with Crippen LogP contribution in [0.3, 0.4) is 0 Å². The molecule has 2 unspecified atom stereocenters. The van der Waals surface area contributed by atoms with Gasteiger partial charge in [0.2, 0.25) is 5.91 Å². The Balaban J connectivity index is 2.34. The van der Waals surface area contributed by atoms with Crippen LogP contribution in [0.2, 0.25) is 0 Å². The number of hydrogen-bond acceptors (Lipinski definition) is 3. The van der Waals surface area contributed by atoms with Crippen LogP contribution in [0.15, 0.2) is 24.3 Å². The summed E-state index contributed by atoms with van der Waals surface area (Å²) in [6.45, 7) is 5.30. The number of rotatable bonds is 4. The molecule has 0 aromatic heterocycles. The van der Waals surface area contributed by atoms with E-state index in [4.69, 9.17) is 10.5 Å². The van der Waals surface area contributed by atoms with Gasteiger partial charge < -0.3 is 15.4 Å². The van der Waals surface area contributed by atoms with Gasteiger partial charge in [-0.1, -0.05) is 12.1 Å². The minimum absolute atomic E-state index is 0.0155. The van der Waals surface area contributed by atoms with Gasteiger partial charge in [0, 0.05) is 19.0 Å². The van der Waals surface area contributed by atoms with Crippen molar-refractivity contribution < 1.29 is 9.53 Å². The monoisotopic (exact) mass is 276 g/mol. The zero-order valence-corrected chi connectivity index (χ0v) is 12.3. The Kier molecular flexibility index (Phi) is 5.01. The fourth-order valence-corrected chi connectivity index (χ4v) is 2.93. The molecule has 1 aliphatic heterocycles. The summed E-state index contributed by atoms with van der Waals surface area (Å²) in [5, 5.41) is 0. The molecule has 0 bridgehead atoms. The van der Waals surface area contributed by atoms with Gasteiger partial charge in [0.25, 0.3) is 0 Å². The highest BCUT2D eigenvalue weighted by molar-refractivity contribution is 5.77. The van der Waals surface area contributed by atoms with E-state index in [2.05, 4.69) is 0 Å². The second-order valence-corrected chi connectivity index (χ2v) is 5.19. The fourth-order valence-electron chi connectivity index (χ4n) is 2.93. The molecule has 1 amide bonds. The quantitative estimate of drug-likeness (QED) is 0.919. The number of nitrogens with zero attached hydrogens (tertiary/aromatic N) is 1. The lowest BCUT2D eigenvalue weighted by Gasteiger charge is -2.33. The molecule has 2 N–H and O–H groups in total. The first-order chi connectivity index (χ1) is 9.67. The van der Waals surface area contributed by atoms with Crippen molar-refractivity contribution in [3.63, 3.8) is 0 Å². The van der Waals surface area contributed by atoms with Gasteiger partial charge in [-0.15, -0.1) is 0 Å². The van der Waals surface area contributed by atoms with Crippen molar-refractivity contribution in [3.8, 4) is 5.75 Å². The number of likely N-dealkylation sites (tertiary alicyclic amines) is 1. The minimum Gasteiger partial charge on any atom is -0.494 e. The van der Waals surface area contributed by atoms with Crippen LogP contribution < -0.4 is 10.5 Å². The average Bonchev–Trinajstić information content (AvgIpc) is 2.58. The molecule has 4 nitrogen and oxygen atoms in total. The third-order valence-corrected chi connectivity index (χ3v) is 3.84. The van der Waals surface area contributed by atoms with Gasteiger partial charge in [-0.05, 0) is 44.4 Å². The number of amides is 1. The maximum absolute atomic E-state index is 12.2. The van der Waals surface area contributed by atoms with E-state index in [9.17, 15) is 4.79 Å². The summed E-state index contributed by atoms with van der Waals surface area (Å²) in [4.78, 5) is 14.1. The average molecular weight is 276 g/mol. The zero-order chi connectivity index (χ0) is 14.5. The Labute approximate surface area is 120 Å². The molecule has 4 heteroatoms. The van der Waals surface area contributed by atoms with Gasteiger partial charge in [0.1, 0.15) is 5.75 Å². The summed E-state index contributed by atoms with van der Waals surface area (Å²) in [6.07, 6.45) is 2.35. The van der Waals surface area contributed by atoms with E-state index in [1.807, 2.05) is 43.0 Å². The smallest absolute Gasteiger partial charge is 0.223 e. The standard InChI is InChI=1S/C16H24N2O2/c1-3-18-15(19)10-6-9-14(17)16(18)12-7-5-8-13(11-12)20-4-2/h5,7-8,11,14,16H,3-4,6,9-10,17H2,1-2H3. The van der Waals surface area contributed by atoms with Crippen molar-refractivity contribution in [2.45, 2.75) is 45.2 Å². The maximum atomic E-state index is 12.2. The van der Waals surface area contributed by atoms with Gasteiger partial charge in [-0.25, -0.2) is 0 Å². The molecule has 1 fully saturated rings. The summed E-state index contributed by atoms with van der Waals surface area (Å²) in [6, 6.07) is 7.89. The Morgan fingerprint density at radius 1 is 1.40 bits per heavy atom. The van der Waals surface area contributed by atoms with E-state index >= 15 is 0 Å². The highest BCUT2D eigenvalue weighted by Gasteiger charge is 2.31. The van der Waals surface area contributed by atoms with Gasteiger partial charge in [-0.2, -0.15) is 0 Å². The van der Waals surface area contributed by atoms with E-state index in [-0.39, 0.29) is 18.0 Å². The zero-order valence-electron chi connectivity index (χ0n) is 12.3. The highest BCUT2D eigenvalue weighted by Crippen LogP contribution is 2.31. The lowest BCUT2D eigenvalue weighted by molar-refractivity contribution is -0.133. The summed E-state index contributed by atoms with van der Waals surface area (Å²) in [7, 11) is 0. The van der Waals surface area contributed by atoms with E-state index in [1.165, 1.54) is 0 Å². The summed E-state index contributed by atoms with van der Waals surface area (Å²) >= 11 is 0. The van der Waals surface area contributed by atoms with Gasteiger partial charge >= 0.3 is 0 Å². The molecule has 2 rings (SSSR count). The number of hydrogen-bond donors (Lipinski definition) is 1. The molecule has 0 radical (unpaired) electrons. The molecular weight excluding hydrogens is 252 g/mol. The molecule has 0 saturated carbocycles. The van der Waals surface area contributed by atoms with Crippen molar-refractivity contribution >= 4 is 5.91 Å². The Bertz CT molecular complexity index is 462. The van der Waals surface area contributed by atoms with Crippen LogP contribution in [-0.4, -0.2) is 30.0 Å². The van der Waals surface area contributed by atoms with Crippen molar-refractivity contribution in [2.75, 3.05) is 13.2 Å². The minimum atomic E-state index is -0.0459. The Morgan fingerprint density at radius 2 is 2.20 bits per heavy atom. The molecular formula is C16H24N2O2. The Morgan fingerprint density at radius 3 is 2.90 bits per heavy atom. The fraction of sp³-hybridized carbons (Fsp3) is 0.562. The first kappa shape index (κ1) is 14.9. The highest BCUT2D eigenvalue weighted by atomic mass is 16.5. The lowest BCUT2D eigenvalue weighted by Crippen LogP contribution is -2.42. The predicted octanol–water partition coefficient (Wildman–Crippen LogP) is 2.49. The molecule has 1 aromatic carbocycles. The predicted molar refractivity (Wildman–Crippen MR) is 79.6 cm³/mol. The van der Waals surface area contributed by atoms with Gasteiger partial charge in [-0.3, -0.25) is 4.79 Å². The summed E-state index contributed by atoms with van der Waals surface area (Å²) in [5.41, 5.74) is 7.40. The van der Waals surface area contributed by atoms with Crippen LogP contribution in [-0.2, 0) is 4.79 Å². The number of carbonyl (C=O) groups excluding carboxylic acids is 1. The molecule has 1 aromatic rings. The Hall–Kier alpha value is -1.55. The van der Waals surface area contributed by atoms with Crippen LogP contribution >= 0.6 is 0 Å². The van der Waals surface area contributed by atoms with Crippen molar-refractivity contribution in [1.82, 2.24) is 4.90 Å². The molecule has 0 aliphatic carbocycles. The van der Waals surface area contributed by atoms with Crippen molar-refractivity contribution in [1.29, 1.82) is 0 Å². The lowest BCUT2D eigenvalue weighted by atomic mass is 9.96. The second kappa shape index (κ2) is 6.75. The third kappa shape index (κ3) is 3.12. The number of likely N-dealkylation sites (N-methyl/N-ethyl adjacent to an activating group) is 1. The first-order valence-corrected chi connectivity index (χ1v) is 7.45. The normalized spacial score (nSPS) is 23.6. The van der Waals surface area contributed by atoms with Crippen molar-refractivity contribution in [2.24, 2.45) is 5.73 Å².